The molecule has 1 aromatic heterocycles. The first-order valence-electron chi connectivity index (χ1n) is 5.76. The molecule has 1 N–H and O–H groups in total. The Labute approximate surface area is 118 Å². The van der Waals surface area contributed by atoms with Gasteiger partial charge in [-0.1, -0.05) is 0 Å². The molecule has 1 aromatic rings. The topological polar surface area (TPSA) is 57.6 Å². The number of halogens is 1. The maximum absolute atomic E-state index is 12.2. The van der Waals surface area contributed by atoms with Gasteiger partial charge in [0, 0.05) is 18.0 Å². The van der Waals surface area contributed by atoms with Gasteiger partial charge in [-0.05, 0) is 41.4 Å². The van der Waals surface area contributed by atoms with Crippen LogP contribution in [0.15, 0.2) is 15.9 Å². The molecule has 4 nitrogen and oxygen atoms in total. The maximum Gasteiger partial charge on any atom is 0.308 e. The Bertz CT molecular complexity index is 474. The molecule has 2 rings (SSSR count). The lowest BCUT2D eigenvalue weighted by atomic mass is 10.1. The summed E-state index contributed by atoms with van der Waals surface area (Å²) in [5.41, 5.74) is 0. The minimum atomic E-state index is -0.808. The highest BCUT2D eigenvalue weighted by Crippen LogP contribution is 2.30. The molecule has 2 heterocycles. The SMILES string of the molecule is C[C@@H](C(=O)N1CC[C@H](C(=O)O)C1)c1ccc(Br)s1. The number of likely N-dealkylation sites (tertiary alicyclic amines) is 1. The number of carboxylic acids is 1. The van der Waals surface area contributed by atoms with Crippen LogP contribution in [0.4, 0.5) is 0 Å². The average molecular weight is 332 g/mol. The second kappa shape index (κ2) is 5.40. The lowest BCUT2D eigenvalue weighted by Crippen LogP contribution is -2.32. The van der Waals surface area contributed by atoms with E-state index >= 15 is 0 Å². The molecule has 2 atom stereocenters. The first kappa shape index (κ1) is 13.5. The molecule has 18 heavy (non-hydrogen) atoms. The van der Waals surface area contributed by atoms with Gasteiger partial charge in [-0.3, -0.25) is 9.59 Å². The Morgan fingerprint density at radius 1 is 1.56 bits per heavy atom. The lowest BCUT2D eigenvalue weighted by molar-refractivity contribution is -0.141. The molecule has 1 aliphatic rings. The van der Waals surface area contributed by atoms with Crippen LogP contribution in [0.2, 0.25) is 0 Å². The fraction of sp³-hybridized carbons (Fsp3) is 0.500. The van der Waals surface area contributed by atoms with Gasteiger partial charge in [0.25, 0.3) is 0 Å². The zero-order valence-electron chi connectivity index (χ0n) is 9.93. The van der Waals surface area contributed by atoms with E-state index in [4.69, 9.17) is 5.11 Å². The summed E-state index contributed by atoms with van der Waals surface area (Å²) in [7, 11) is 0. The molecule has 0 radical (unpaired) electrons. The van der Waals surface area contributed by atoms with E-state index < -0.39 is 11.9 Å². The molecule has 0 unspecified atom stereocenters. The van der Waals surface area contributed by atoms with Gasteiger partial charge >= 0.3 is 5.97 Å². The second-order valence-corrected chi connectivity index (χ2v) is 6.97. The number of carbonyl (C=O) groups is 2. The smallest absolute Gasteiger partial charge is 0.308 e. The van der Waals surface area contributed by atoms with Crippen LogP contribution in [0.3, 0.4) is 0 Å². The fourth-order valence-electron chi connectivity index (χ4n) is 2.12. The number of carboxylic acid groups (broad SMARTS) is 1. The predicted octanol–water partition coefficient (Wildman–Crippen LogP) is 2.55. The number of aliphatic carboxylic acids is 1. The van der Waals surface area contributed by atoms with Gasteiger partial charge in [-0.15, -0.1) is 11.3 Å². The summed E-state index contributed by atoms with van der Waals surface area (Å²) < 4.78 is 1.00. The van der Waals surface area contributed by atoms with E-state index in [1.807, 2.05) is 19.1 Å². The van der Waals surface area contributed by atoms with Crippen LogP contribution in [-0.2, 0) is 9.59 Å². The molecule has 0 saturated carbocycles. The summed E-state index contributed by atoms with van der Waals surface area (Å²) in [5, 5.41) is 8.93. The van der Waals surface area contributed by atoms with E-state index in [2.05, 4.69) is 15.9 Å². The minimum absolute atomic E-state index is 0.0214. The van der Waals surface area contributed by atoms with E-state index in [1.165, 1.54) is 0 Å². The first-order chi connectivity index (χ1) is 8.49. The van der Waals surface area contributed by atoms with E-state index in [0.29, 0.717) is 19.5 Å². The third-order valence-corrected chi connectivity index (χ3v) is 5.05. The van der Waals surface area contributed by atoms with Crippen LogP contribution in [0.1, 0.15) is 24.1 Å². The average Bonchev–Trinajstić information content (AvgIpc) is 2.95. The first-order valence-corrected chi connectivity index (χ1v) is 7.37. The van der Waals surface area contributed by atoms with Crippen molar-refractivity contribution in [2.75, 3.05) is 13.1 Å². The summed E-state index contributed by atoms with van der Waals surface area (Å²) in [5.74, 6) is -1.39. The lowest BCUT2D eigenvalue weighted by Gasteiger charge is -2.19. The molecule has 6 heteroatoms. The van der Waals surface area contributed by atoms with Crippen LogP contribution in [0.25, 0.3) is 0 Å². The molecule has 1 aliphatic heterocycles. The second-order valence-electron chi connectivity index (χ2n) is 4.47. The molecule has 1 saturated heterocycles. The van der Waals surface area contributed by atoms with Crippen molar-refractivity contribution >= 4 is 39.1 Å². The van der Waals surface area contributed by atoms with Gasteiger partial charge in [0.15, 0.2) is 0 Å². The van der Waals surface area contributed by atoms with Crippen molar-refractivity contribution in [3.05, 3.63) is 20.8 Å². The predicted molar refractivity (Wildman–Crippen MR) is 72.8 cm³/mol. The molecule has 98 valence electrons. The van der Waals surface area contributed by atoms with Crippen LogP contribution in [-0.4, -0.2) is 35.0 Å². The van der Waals surface area contributed by atoms with Crippen molar-refractivity contribution < 1.29 is 14.7 Å². The number of nitrogens with zero attached hydrogens (tertiary/aromatic N) is 1. The van der Waals surface area contributed by atoms with Crippen molar-refractivity contribution in [2.45, 2.75) is 19.3 Å². The summed E-state index contributed by atoms with van der Waals surface area (Å²) in [6.07, 6.45) is 0.557. The van der Waals surface area contributed by atoms with Crippen LogP contribution in [0.5, 0.6) is 0 Å². The summed E-state index contributed by atoms with van der Waals surface area (Å²) in [6.45, 7) is 2.76. The number of thiophene rings is 1. The molecule has 0 aromatic carbocycles. The maximum atomic E-state index is 12.2. The summed E-state index contributed by atoms with van der Waals surface area (Å²) in [6, 6.07) is 3.86. The normalized spacial score (nSPS) is 21.0. The standard InChI is InChI=1S/C12H14BrNO3S/c1-7(9-2-3-10(13)18-9)11(15)14-5-4-8(6-14)12(16)17/h2-3,7-8H,4-6H2,1H3,(H,16,17)/t7-,8+/m1/s1. The van der Waals surface area contributed by atoms with Gasteiger partial charge in [0.05, 0.1) is 15.6 Å². The Morgan fingerprint density at radius 3 is 2.78 bits per heavy atom. The quantitative estimate of drug-likeness (QED) is 0.925. The molecule has 0 aliphatic carbocycles. The molecular formula is C12H14BrNO3S. The largest absolute Gasteiger partial charge is 0.481 e. The Morgan fingerprint density at radius 2 is 2.28 bits per heavy atom. The number of carbonyl (C=O) groups excluding carboxylic acids is 1. The van der Waals surface area contributed by atoms with Gasteiger partial charge < -0.3 is 10.0 Å². The Hall–Kier alpha value is -0.880. The van der Waals surface area contributed by atoms with Gasteiger partial charge in [0.2, 0.25) is 5.91 Å². The third-order valence-electron chi connectivity index (χ3n) is 3.24. The Kier molecular flexibility index (Phi) is 4.07. The van der Waals surface area contributed by atoms with Gasteiger partial charge in [-0.25, -0.2) is 0 Å². The third kappa shape index (κ3) is 2.75. The number of rotatable bonds is 3. The minimum Gasteiger partial charge on any atom is -0.481 e. The highest BCUT2D eigenvalue weighted by Gasteiger charge is 2.33. The monoisotopic (exact) mass is 331 g/mol. The highest BCUT2D eigenvalue weighted by molar-refractivity contribution is 9.11. The van der Waals surface area contributed by atoms with E-state index in [-0.39, 0.29) is 11.8 Å². The Balaban J connectivity index is 2.02. The van der Waals surface area contributed by atoms with Crippen molar-refractivity contribution in [2.24, 2.45) is 5.92 Å². The number of hydrogen-bond acceptors (Lipinski definition) is 3. The van der Waals surface area contributed by atoms with Crippen molar-refractivity contribution in [3.8, 4) is 0 Å². The van der Waals surface area contributed by atoms with Gasteiger partial charge in [-0.2, -0.15) is 0 Å². The van der Waals surface area contributed by atoms with Crippen LogP contribution >= 0.6 is 27.3 Å². The molecule has 0 bridgehead atoms. The zero-order valence-corrected chi connectivity index (χ0v) is 12.3. The fourth-order valence-corrected chi connectivity index (χ4v) is 3.59. The molecular weight excluding hydrogens is 318 g/mol. The van der Waals surface area contributed by atoms with Crippen LogP contribution < -0.4 is 0 Å². The summed E-state index contributed by atoms with van der Waals surface area (Å²) in [4.78, 5) is 25.8. The van der Waals surface area contributed by atoms with E-state index in [0.717, 1.165) is 8.66 Å². The highest BCUT2D eigenvalue weighted by atomic mass is 79.9. The van der Waals surface area contributed by atoms with E-state index in [1.54, 1.807) is 16.2 Å². The number of hydrogen-bond donors (Lipinski definition) is 1. The van der Waals surface area contributed by atoms with Crippen molar-refractivity contribution in [3.63, 3.8) is 0 Å². The molecule has 0 spiro atoms. The summed E-state index contributed by atoms with van der Waals surface area (Å²) >= 11 is 4.92. The zero-order chi connectivity index (χ0) is 13.3. The molecule has 1 fully saturated rings. The van der Waals surface area contributed by atoms with E-state index in [9.17, 15) is 9.59 Å². The van der Waals surface area contributed by atoms with Gasteiger partial charge in [0.1, 0.15) is 0 Å². The molecule has 1 amide bonds. The van der Waals surface area contributed by atoms with Crippen molar-refractivity contribution in [1.82, 2.24) is 4.90 Å². The van der Waals surface area contributed by atoms with Crippen LogP contribution in [0, 0.1) is 5.92 Å². The number of amides is 1. The van der Waals surface area contributed by atoms with Crippen molar-refractivity contribution in [1.29, 1.82) is 0 Å².